The largest absolute Gasteiger partial charge is 0.475 e. The summed E-state index contributed by atoms with van der Waals surface area (Å²) in [6.07, 6.45) is 5.32. The second-order valence-corrected chi connectivity index (χ2v) is 5.22. The Balaban J connectivity index is 1.75. The van der Waals surface area contributed by atoms with E-state index in [9.17, 15) is 4.79 Å². The van der Waals surface area contributed by atoms with Crippen LogP contribution < -0.4 is 5.32 Å². The minimum atomic E-state index is -1.01. The highest BCUT2D eigenvalue weighted by molar-refractivity contribution is 5.84. The zero-order valence-corrected chi connectivity index (χ0v) is 10.8. The molecule has 1 aliphatic carbocycles. The van der Waals surface area contributed by atoms with E-state index in [1.807, 2.05) is 0 Å². The molecule has 4 nitrogen and oxygen atoms in total. The van der Waals surface area contributed by atoms with Gasteiger partial charge in [0.05, 0.1) is 6.54 Å². The molecular formula is C14H21NO3. The fraction of sp³-hybridized carbons (Fsp3) is 0.643. The fourth-order valence-electron chi connectivity index (χ4n) is 2.66. The highest BCUT2D eigenvalue weighted by atomic mass is 16.4. The third-order valence-corrected chi connectivity index (χ3v) is 3.87. The summed E-state index contributed by atoms with van der Waals surface area (Å²) in [5.74, 6) is 1.22. The standard InChI is InChI=1S/C14H21NO3/c1-10-4-2-3-5-11(10)8-15-9-12-6-7-13(18-12)14(16)17/h6-7,10-11,15H,2-5,8-9H2,1H3,(H,16,17). The molecule has 1 fully saturated rings. The Morgan fingerprint density at radius 3 is 2.89 bits per heavy atom. The summed E-state index contributed by atoms with van der Waals surface area (Å²) in [5.41, 5.74) is 0. The predicted octanol–water partition coefficient (Wildman–Crippen LogP) is 2.89. The van der Waals surface area contributed by atoms with E-state index in [1.165, 1.54) is 31.7 Å². The van der Waals surface area contributed by atoms with Gasteiger partial charge in [0, 0.05) is 0 Å². The number of carbonyl (C=O) groups is 1. The number of carboxylic acids is 1. The molecule has 0 radical (unpaired) electrons. The van der Waals surface area contributed by atoms with Gasteiger partial charge in [0.1, 0.15) is 5.76 Å². The van der Waals surface area contributed by atoms with Crippen molar-refractivity contribution >= 4 is 5.97 Å². The maximum atomic E-state index is 10.7. The summed E-state index contributed by atoms with van der Waals surface area (Å²) >= 11 is 0. The average Bonchev–Trinajstić information content (AvgIpc) is 2.80. The van der Waals surface area contributed by atoms with Gasteiger partial charge in [0.25, 0.3) is 0 Å². The Bertz CT molecular complexity index is 399. The quantitative estimate of drug-likeness (QED) is 0.844. The lowest BCUT2D eigenvalue weighted by atomic mass is 9.80. The van der Waals surface area contributed by atoms with E-state index in [2.05, 4.69) is 12.2 Å². The fourth-order valence-corrected chi connectivity index (χ4v) is 2.66. The summed E-state index contributed by atoms with van der Waals surface area (Å²) in [6.45, 7) is 3.92. The van der Waals surface area contributed by atoms with Gasteiger partial charge in [-0.1, -0.05) is 26.2 Å². The Morgan fingerprint density at radius 2 is 2.22 bits per heavy atom. The molecule has 0 bridgehead atoms. The van der Waals surface area contributed by atoms with Gasteiger partial charge < -0.3 is 14.8 Å². The molecule has 2 atom stereocenters. The minimum absolute atomic E-state index is 0.0119. The van der Waals surface area contributed by atoms with E-state index in [0.717, 1.165) is 18.4 Å². The van der Waals surface area contributed by atoms with Crippen LogP contribution in [0.3, 0.4) is 0 Å². The normalized spacial score (nSPS) is 24.1. The Morgan fingerprint density at radius 1 is 1.44 bits per heavy atom. The van der Waals surface area contributed by atoms with Crippen LogP contribution in [0.2, 0.25) is 0 Å². The molecule has 1 aromatic rings. The summed E-state index contributed by atoms with van der Waals surface area (Å²) in [5, 5.41) is 12.1. The molecule has 2 unspecified atom stereocenters. The van der Waals surface area contributed by atoms with E-state index in [-0.39, 0.29) is 5.76 Å². The van der Waals surface area contributed by atoms with Crippen LogP contribution in [0.5, 0.6) is 0 Å². The maximum absolute atomic E-state index is 10.7. The van der Waals surface area contributed by atoms with E-state index in [1.54, 1.807) is 6.07 Å². The molecule has 18 heavy (non-hydrogen) atoms. The molecule has 0 saturated heterocycles. The average molecular weight is 251 g/mol. The van der Waals surface area contributed by atoms with E-state index < -0.39 is 5.97 Å². The first kappa shape index (κ1) is 13.1. The van der Waals surface area contributed by atoms with Gasteiger partial charge in [-0.25, -0.2) is 4.79 Å². The third kappa shape index (κ3) is 3.35. The highest BCUT2D eigenvalue weighted by Gasteiger charge is 2.20. The third-order valence-electron chi connectivity index (χ3n) is 3.87. The Labute approximate surface area is 107 Å². The van der Waals surface area contributed by atoms with Gasteiger partial charge in [0.15, 0.2) is 0 Å². The molecule has 4 heteroatoms. The Kier molecular flexibility index (Phi) is 4.42. The second-order valence-electron chi connectivity index (χ2n) is 5.22. The molecule has 2 N–H and O–H groups in total. The highest BCUT2D eigenvalue weighted by Crippen LogP contribution is 2.28. The molecule has 2 rings (SSSR count). The molecule has 0 spiro atoms. The summed E-state index contributed by atoms with van der Waals surface area (Å²) in [7, 11) is 0. The van der Waals surface area contributed by atoms with Gasteiger partial charge in [-0.2, -0.15) is 0 Å². The molecule has 1 saturated carbocycles. The lowest BCUT2D eigenvalue weighted by Gasteiger charge is -2.28. The minimum Gasteiger partial charge on any atom is -0.475 e. The smallest absolute Gasteiger partial charge is 0.371 e. The van der Waals surface area contributed by atoms with Crippen LogP contribution in [-0.2, 0) is 6.54 Å². The maximum Gasteiger partial charge on any atom is 0.371 e. The predicted molar refractivity (Wildman–Crippen MR) is 68.5 cm³/mol. The summed E-state index contributed by atoms with van der Waals surface area (Å²) in [4.78, 5) is 10.7. The van der Waals surface area contributed by atoms with Crippen LogP contribution in [0, 0.1) is 11.8 Å². The van der Waals surface area contributed by atoms with Crippen LogP contribution in [0.15, 0.2) is 16.5 Å². The molecular weight excluding hydrogens is 230 g/mol. The molecule has 0 amide bonds. The van der Waals surface area contributed by atoms with Crippen molar-refractivity contribution in [2.75, 3.05) is 6.54 Å². The van der Waals surface area contributed by atoms with Crippen molar-refractivity contribution in [3.63, 3.8) is 0 Å². The first-order valence-electron chi connectivity index (χ1n) is 6.69. The zero-order chi connectivity index (χ0) is 13.0. The van der Waals surface area contributed by atoms with Crippen molar-refractivity contribution in [1.82, 2.24) is 5.32 Å². The van der Waals surface area contributed by atoms with Crippen LogP contribution in [-0.4, -0.2) is 17.6 Å². The van der Waals surface area contributed by atoms with Crippen LogP contribution in [0.4, 0.5) is 0 Å². The molecule has 0 aromatic carbocycles. The van der Waals surface area contributed by atoms with Crippen LogP contribution in [0.1, 0.15) is 48.9 Å². The monoisotopic (exact) mass is 251 g/mol. The van der Waals surface area contributed by atoms with Gasteiger partial charge in [-0.05, 0) is 36.9 Å². The van der Waals surface area contributed by atoms with Crippen molar-refractivity contribution < 1.29 is 14.3 Å². The van der Waals surface area contributed by atoms with Crippen molar-refractivity contribution in [3.8, 4) is 0 Å². The number of aromatic carboxylic acids is 1. The van der Waals surface area contributed by atoms with Crippen molar-refractivity contribution in [3.05, 3.63) is 23.7 Å². The van der Waals surface area contributed by atoms with Crippen molar-refractivity contribution in [2.45, 2.75) is 39.2 Å². The van der Waals surface area contributed by atoms with Gasteiger partial charge in [-0.15, -0.1) is 0 Å². The summed E-state index contributed by atoms with van der Waals surface area (Å²) < 4.78 is 5.20. The zero-order valence-electron chi connectivity index (χ0n) is 10.8. The summed E-state index contributed by atoms with van der Waals surface area (Å²) in [6, 6.07) is 3.23. The van der Waals surface area contributed by atoms with Gasteiger partial charge in [0.2, 0.25) is 5.76 Å². The van der Waals surface area contributed by atoms with E-state index >= 15 is 0 Å². The van der Waals surface area contributed by atoms with Crippen LogP contribution >= 0.6 is 0 Å². The number of hydrogen-bond donors (Lipinski definition) is 2. The topological polar surface area (TPSA) is 62.5 Å². The lowest BCUT2D eigenvalue weighted by Crippen LogP contribution is -2.28. The molecule has 1 aliphatic rings. The second kappa shape index (κ2) is 6.05. The number of carboxylic acid groups (broad SMARTS) is 1. The lowest BCUT2D eigenvalue weighted by molar-refractivity contribution is 0.0660. The first-order valence-corrected chi connectivity index (χ1v) is 6.69. The number of hydrogen-bond acceptors (Lipinski definition) is 3. The molecule has 1 aromatic heterocycles. The van der Waals surface area contributed by atoms with Crippen molar-refractivity contribution in [2.24, 2.45) is 11.8 Å². The van der Waals surface area contributed by atoms with E-state index in [4.69, 9.17) is 9.52 Å². The number of rotatable bonds is 5. The first-order chi connectivity index (χ1) is 8.66. The number of furan rings is 1. The number of nitrogens with one attached hydrogen (secondary N) is 1. The van der Waals surface area contributed by atoms with Crippen LogP contribution in [0.25, 0.3) is 0 Å². The molecule has 1 heterocycles. The molecule has 100 valence electrons. The SMILES string of the molecule is CC1CCCCC1CNCc1ccc(C(=O)O)o1. The van der Waals surface area contributed by atoms with Gasteiger partial charge >= 0.3 is 5.97 Å². The van der Waals surface area contributed by atoms with Gasteiger partial charge in [-0.3, -0.25) is 0 Å². The van der Waals surface area contributed by atoms with E-state index in [0.29, 0.717) is 12.3 Å². The van der Waals surface area contributed by atoms with Crippen molar-refractivity contribution in [1.29, 1.82) is 0 Å². The molecule has 0 aliphatic heterocycles. The Hall–Kier alpha value is -1.29.